The molecule has 1 aliphatic carbocycles. The maximum absolute atomic E-state index is 13.2. The molecule has 5 rings (SSSR count). The zero-order valence-corrected chi connectivity index (χ0v) is 17.1. The number of allylic oxidation sites excluding steroid dienone is 2. The Balaban J connectivity index is 1.42. The SMILES string of the molecule is O=C1/C(=C/c2ccccc2)CC/C1=C1/NCCN1C1CC(=O)N(c2ccccc2)C1=O. The van der Waals surface area contributed by atoms with E-state index in [1.165, 1.54) is 4.90 Å². The van der Waals surface area contributed by atoms with E-state index in [0.717, 1.165) is 11.1 Å². The van der Waals surface area contributed by atoms with Crippen molar-refractivity contribution in [2.75, 3.05) is 18.0 Å². The summed E-state index contributed by atoms with van der Waals surface area (Å²) in [6.45, 7) is 1.24. The second-order valence-corrected chi connectivity index (χ2v) is 7.98. The van der Waals surface area contributed by atoms with Crippen molar-refractivity contribution in [3.63, 3.8) is 0 Å². The Bertz CT molecular complexity index is 1110. The largest absolute Gasteiger partial charge is 0.370 e. The Morgan fingerprint density at radius 3 is 2.35 bits per heavy atom. The molecule has 156 valence electrons. The molecule has 2 heterocycles. The zero-order valence-electron chi connectivity index (χ0n) is 17.1. The molecule has 2 aromatic carbocycles. The van der Waals surface area contributed by atoms with Gasteiger partial charge in [0.05, 0.1) is 12.1 Å². The molecular weight excluding hydrogens is 390 g/mol. The molecule has 3 fully saturated rings. The first kappa shape index (κ1) is 19.3. The number of anilines is 1. The first-order chi connectivity index (χ1) is 15.1. The Labute approximate surface area is 180 Å². The van der Waals surface area contributed by atoms with Crippen molar-refractivity contribution in [2.24, 2.45) is 0 Å². The van der Waals surface area contributed by atoms with Gasteiger partial charge >= 0.3 is 0 Å². The van der Waals surface area contributed by atoms with Gasteiger partial charge in [0, 0.05) is 24.2 Å². The number of rotatable bonds is 3. The van der Waals surface area contributed by atoms with Crippen LogP contribution in [0.2, 0.25) is 0 Å². The fourth-order valence-corrected chi connectivity index (χ4v) is 4.60. The van der Waals surface area contributed by atoms with Crippen molar-refractivity contribution < 1.29 is 14.4 Å². The second kappa shape index (κ2) is 7.87. The molecule has 6 heteroatoms. The summed E-state index contributed by atoms with van der Waals surface area (Å²) in [5.74, 6) is 0.292. The fourth-order valence-electron chi connectivity index (χ4n) is 4.60. The fraction of sp³-hybridized carbons (Fsp3) is 0.240. The van der Waals surface area contributed by atoms with Crippen LogP contribution in [0.3, 0.4) is 0 Å². The van der Waals surface area contributed by atoms with Crippen LogP contribution in [0.1, 0.15) is 24.8 Å². The molecule has 0 bridgehead atoms. The lowest BCUT2D eigenvalue weighted by molar-refractivity contribution is -0.122. The molecule has 0 spiro atoms. The van der Waals surface area contributed by atoms with Gasteiger partial charge in [0.1, 0.15) is 11.9 Å². The Kier molecular flexibility index (Phi) is 4.90. The predicted molar refractivity (Wildman–Crippen MR) is 118 cm³/mol. The number of carbonyl (C=O) groups is 3. The number of imide groups is 1. The lowest BCUT2D eigenvalue weighted by Crippen LogP contribution is -2.41. The second-order valence-electron chi connectivity index (χ2n) is 7.98. The summed E-state index contributed by atoms with van der Waals surface area (Å²) < 4.78 is 0. The molecule has 1 saturated carbocycles. The van der Waals surface area contributed by atoms with E-state index in [0.29, 0.717) is 43.0 Å². The monoisotopic (exact) mass is 413 g/mol. The maximum atomic E-state index is 13.2. The Morgan fingerprint density at radius 1 is 0.903 bits per heavy atom. The van der Waals surface area contributed by atoms with Crippen LogP contribution >= 0.6 is 0 Å². The minimum Gasteiger partial charge on any atom is -0.370 e. The molecule has 2 amide bonds. The summed E-state index contributed by atoms with van der Waals surface area (Å²) in [6, 6.07) is 18.2. The Morgan fingerprint density at radius 2 is 1.61 bits per heavy atom. The number of ketones is 1. The first-order valence-corrected chi connectivity index (χ1v) is 10.6. The number of amides is 2. The number of benzene rings is 2. The smallest absolute Gasteiger partial charge is 0.257 e. The van der Waals surface area contributed by atoms with Gasteiger partial charge < -0.3 is 10.2 Å². The van der Waals surface area contributed by atoms with E-state index >= 15 is 0 Å². The average molecular weight is 413 g/mol. The quantitative estimate of drug-likeness (QED) is 0.619. The van der Waals surface area contributed by atoms with Crippen LogP contribution in [0.15, 0.2) is 77.6 Å². The van der Waals surface area contributed by atoms with Crippen molar-refractivity contribution in [3.05, 3.63) is 83.2 Å². The van der Waals surface area contributed by atoms with E-state index in [9.17, 15) is 14.4 Å². The van der Waals surface area contributed by atoms with E-state index < -0.39 is 6.04 Å². The molecule has 6 nitrogen and oxygen atoms in total. The lowest BCUT2D eigenvalue weighted by atomic mass is 10.1. The molecule has 2 aromatic rings. The van der Waals surface area contributed by atoms with Crippen LogP contribution < -0.4 is 10.2 Å². The normalized spacial score (nSPS) is 25.1. The zero-order chi connectivity index (χ0) is 21.4. The van der Waals surface area contributed by atoms with Gasteiger partial charge in [-0.25, -0.2) is 4.90 Å². The minimum atomic E-state index is -0.583. The summed E-state index contributed by atoms with van der Waals surface area (Å²) in [5, 5.41) is 3.31. The molecule has 3 aliphatic rings. The van der Waals surface area contributed by atoms with Crippen LogP contribution in [-0.2, 0) is 14.4 Å². The highest BCUT2D eigenvalue weighted by Gasteiger charge is 2.45. The molecule has 1 N–H and O–H groups in total. The third-order valence-electron chi connectivity index (χ3n) is 6.08. The van der Waals surface area contributed by atoms with Crippen LogP contribution in [0.4, 0.5) is 5.69 Å². The average Bonchev–Trinajstić information content (AvgIpc) is 3.47. The molecule has 0 radical (unpaired) electrons. The summed E-state index contributed by atoms with van der Waals surface area (Å²) in [7, 11) is 0. The lowest BCUT2D eigenvalue weighted by Gasteiger charge is -2.26. The standard InChI is InChI=1S/C25H23N3O3/c29-22-16-21(25(31)28(22)19-9-5-2-6-10-19)27-14-13-26-24(27)20-12-11-18(23(20)30)15-17-7-3-1-4-8-17/h1-10,15,21,26H,11-14,16H2/b18-15+,24-20+. The van der Waals surface area contributed by atoms with Crippen molar-refractivity contribution in [1.29, 1.82) is 0 Å². The Hall–Kier alpha value is -3.67. The number of hydrogen-bond acceptors (Lipinski definition) is 5. The summed E-state index contributed by atoms with van der Waals surface area (Å²) >= 11 is 0. The molecule has 1 atom stereocenters. The molecule has 0 aromatic heterocycles. The van der Waals surface area contributed by atoms with Crippen LogP contribution in [0.5, 0.6) is 0 Å². The number of hydrogen-bond donors (Lipinski definition) is 1. The van der Waals surface area contributed by atoms with Crippen LogP contribution in [0, 0.1) is 0 Å². The minimum absolute atomic E-state index is 0.0231. The predicted octanol–water partition coefficient (Wildman–Crippen LogP) is 2.88. The van der Waals surface area contributed by atoms with E-state index in [1.807, 2.05) is 59.5 Å². The highest BCUT2D eigenvalue weighted by molar-refractivity contribution is 6.22. The van der Waals surface area contributed by atoms with Gasteiger partial charge in [0.15, 0.2) is 5.78 Å². The van der Waals surface area contributed by atoms with Gasteiger partial charge in [0.25, 0.3) is 5.91 Å². The molecule has 2 saturated heterocycles. The van der Waals surface area contributed by atoms with Crippen molar-refractivity contribution in [3.8, 4) is 0 Å². The third-order valence-corrected chi connectivity index (χ3v) is 6.08. The van der Waals surface area contributed by atoms with Gasteiger partial charge in [-0.05, 0) is 36.6 Å². The van der Waals surface area contributed by atoms with Gasteiger partial charge in [-0.1, -0.05) is 48.5 Å². The number of Topliss-reactive ketones (excluding diaryl/α,β-unsaturated/α-hetero) is 1. The molecular formula is C25H23N3O3. The van der Waals surface area contributed by atoms with Crippen LogP contribution in [0.25, 0.3) is 6.08 Å². The van der Waals surface area contributed by atoms with E-state index in [4.69, 9.17) is 0 Å². The third kappa shape index (κ3) is 3.44. The topological polar surface area (TPSA) is 69.7 Å². The highest BCUT2D eigenvalue weighted by atomic mass is 16.2. The summed E-state index contributed by atoms with van der Waals surface area (Å²) in [4.78, 5) is 42.2. The number of nitrogens with zero attached hydrogens (tertiary/aromatic N) is 2. The number of para-hydroxylation sites is 1. The molecule has 31 heavy (non-hydrogen) atoms. The summed E-state index contributed by atoms with van der Waals surface area (Å²) in [5.41, 5.74) is 3.08. The number of carbonyl (C=O) groups excluding carboxylic acids is 3. The van der Waals surface area contributed by atoms with Gasteiger partial charge in [-0.2, -0.15) is 0 Å². The van der Waals surface area contributed by atoms with Gasteiger partial charge in [-0.3, -0.25) is 14.4 Å². The summed E-state index contributed by atoms with van der Waals surface area (Å²) in [6.07, 6.45) is 3.37. The first-order valence-electron chi connectivity index (χ1n) is 10.6. The van der Waals surface area contributed by atoms with Crippen molar-refractivity contribution >= 4 is 29.4 Å². The molecule has 2 aliphatic heterocycles. The number of nitrogens with one attached hydrogen (secondary N) is 1. The van der Waals surface area contributed by atoms with Gasteiger partial charge in [-0.15, -0.1) is 0 Å². The van der Waals surface area contributed by atoms with Gasteiger partial charge in [0.2, 0.25) is 5.91 Å². The maximum Gasteiger partial charge on any atom is 0.257 e. The highest BCUT2D eigenvalue weighted by Crippen LogP contribution is 2.34. The molecule has 1 unspecified atom stereocenters. The van der Waals surface area contributed by atoms with E-state index in [1.54, 1.807) is 12.1 Å². The van der Waals surface area contributed by atoms with E-state index in [2.05, 4.69) is 5.32 Å². The van der Waals surface area contributed by atoms with Crippen molar-refractivity contribution in [1.82, 2.24) is 10.2 Å². The van der Waals surface area contributed by atoms with E-state index in [-0.39, 0.29) is 24.0 Å². The van der Waals surface area contributed by atoms with Crippen molar-refractivity contribution in [2.45, 2.75) is 25.3 Å². The van der Waals surface area contributed by atoms with Crippen LogP contribution in [-0.4, -0.2) is 41.6 Å².